The van der Waals surface area contributed by atoms with Crippen LogP contribution in [-0.4, -0.2) is 27.6 Å². The Kier molecular flexibility index (Phi) is 5.54. The first-order valence-corrected chi connectivity index (χ1v) is 7.88. The predicted molar refractivity (Wildman–Crippen MR) is 78.2 cm³/mol. The molecule has 0 spiro atoms. The highest BCUT2D eigenvalue weighted by Gasteiger charge is 2.38. The third-order valence-corrected chi connectivity index (χ3v) is 6.03. The van der Waals surface area contributed by atoms with Crippen LogP contribution in [0.5, 0.6) is 0 Å². The van der Waals surface area contributed by atoms with Gasteiger partial charge in [-0.05, 0) is 11.0 Å². The maximum Gasteiger partial charge on any atom is 0.303 e. The zero-order valence-electron chi connectivity index (χ0n) is 10.2. The van der Waals surface area contributed by atoms with Gasteiger partial charge in [-0.3, -0.25) is 4.79 Å². The highest BCUT2D eigenvalue weighted by Crippen LogP contribution is 2.41. The van der Waals surface area contributed by atoms with E-state index in [2.05, 4.69) is 51.8 Å². The number of alkyl halides is 3. The quantitative estimate of drug-likeness (QED) is 0.414. The lowest BCUT2D eigenvalue weighted by molar-refractivity contribution is -0.145. The number of halogens is 3. The molecule has 3 unspecified atom stereocenters. The molecule has 0 aromatic rings. The summed E-state index contributed by atoms with van der Waals surface area (Å²) in [5.41, 5.74) is 1.10. The second-order valence-corrected chi connectivity index (χ2v) is 7.41. The summed E-state index contributed by atoms with van der Waals surface area (Å²) in [7, 11) is 0. The van der Waals surface area contributed by atoms with Gasteiger partial charge in [0, 0.05) is 24.1 Å². The van der Waals surface area contributed by atoms with Gasteiger partial charge in [0.25, 0.3) is 0 Å². The largest absolute Gasteiger partial charge is 0.458 e. The van der Waals surface area contributed by atoms with Crippen molar-refractivity contribution in [3.63, 3.8) is 0 Å². The Morgan fingerprint density at radius 1 is 1.71 bits per heavy atom. The first-order valence-electron chi connectivity index (χ1n) is 5.52. The molecule has 1 aliphatic rings. The van der Waals surface area contributed by atoms with Crippen LogP contribution in [0.15, 0.2) is 11.6 Å². The summed E-state index contributed by atoms with van der Waals surface area (Å²) in [5, 5.41) is 0. The molecule has 98 valence electrons. The summed E-state index contributed by atoms with van der Waals surface area (Å²) in [6, 6.07) is 0. The molecular weight excluding hydrogens is 371 g/mol. The molecule has 0 radical (unpaired) electrons. The SMILES string of the molecule is CC(=O)OC1CC(Br)C(C)(C)C=C1C(Br)CCl. The van der Waals surface area contributed by atoms with Gasteiger partial charge in [-0.15, -0.1) is 11.6 Å². The average Bonchev–Trinajstić information content (AvgIpc) is 2.21. The lowest BCUT2D eigenvalue weighted by Crippen LogP contribution is -2.38. The Hall–Kier alpha value is 0.460. The van der Waals surface area contributed by atoms with E-state index >= 15 is 0 Å². The molecule has 1 aliphatic carbocycles. The maximum atomic E-state index is 11.1. The third kappa shape index (κ3) is 3.97. The van der Waals surface area contributed by atoms with Crippen LogP contribution in [0.4, 0.5) is 0 Å². The number of carbonyl (C=O) groups excluding carboxylic acids is 1. The van der Waals surface area contributed by atoms with Crippen molar-refractivity contribution < 1.29 is 9.53 Å². The predicted octanol–water partition coefficient (Wildman–Crippen LogP) is 4.04. The molecule has 0 fully saturated rings. The van der Waals surface area contributed by atoms with E-state index in [-0.39, 0.29) is 27.1 Å². The summed E-state index contributed by atoms with van der Waals surface area (Å²) in [6.45, 7) is 5.75. The van der Waals surface area contributed by atoms with Crippen molar-refractivity contribution in [1.82, 2.24) is 0 Å². The van der Waals surface area contributed by atoms with Crippen molar-refractivity contribution in [2.45, 2.75) is 43.0 Å². The normalized spacial score (nSPS) is 29.4. The molecule has 0 amide bonds. The van der Waals surface area contributed by atoms with Gasteiger partial charge in [-0.25, -0.2) is 0 Å². The highest BCUT2D eigenvalue weighted by atomic mass is 79.9. The first-order chi connectivity index (χ1) is 7.77. The molecule has 0 saturated heterocycles. The fourth-order valence-electron chi connectivity index (χ4n) is 1.94. The maximum absolute atomic E-state index is 11.1. The van der Waals surface area contributed by atoms with E-state index in [0.29, 0.717) is 5.88 Å². The fraction of sp³-hybridized carbons (Fsp3) is 0.750. The van der Waals surface area contributed by atoms with E-state index in [4.69, 9.17) is 16.3 Å². The van der Waals surface area contributed by atoms with Gasteiger partial charge in [0.1, 0.15) is 6.10 Å². The first kappa shape index (κ1) is 15.5. The van der Waals surface area contributed by atoms with Gasteiger partial charge < -0.3 is 4.74 Å². The van der Waals surface area contributed by atoms with Crippen LogP contribution in [0.1, 0.15) is 27.2 Å². The van der Waals surface area contributed by atoms with Crippen molar-refractivity contribution in [2.75, 3.05) is 5.88 Å². The van der Waals surface area contributed by atoms with Gasteiger partial charge in [0.2, 0.25) is 0 Å². The molecule has 0 N–H and O–H groups in total. The second-order valence-electron chi connectivity index (χ2n) is 4.89. The summed E-state index contributed by atoms with van der Waals surface area (Å²) in [6.07, 6.45) is 2.75. The lowest BCUT2D eigenvalue weighted by Gasteiger charge is -2.38. The van der Waals surface area contributed by atoms with Crippen molar-refractivity contribution in [1.29, 1.82) is 0 Å². The van der Waals surface area contributed by atoms with Crippen molar-refractivity contribution in [3.05, 3.63) is 11.6 Å². The number of carbonyl (C=O) groups is 1. The Balaban J connectivity index is 3.00. The zero-order valence-corrected chi connectivity index (χ0v) is 14.1. The summed E-state index contributed by atoms with van der Waals surface area (Å²) >= 11 is 13.1. The molecule has 0 saturated carbocycles. The van der Waals surface area contributed by atoms with Crippen LogP contribution in [0, 0.1) is 5.41 Å². The number of esters is 1. The van der Waals surface area contributed by atoms with Crippen LogP contribution in [-0.2, 0) is 9.53 Å². The molecule has 0 bridgehead atoms. The zero-order chi connectivity index (χ0) is 13.2. The standard InChI is InChI=1S/C12H17Br2ClO2/c1-7(16)17-10-4-11(14)12(2,3)5-8(10)9(13)6-15/h5,9-11H,4,6H2,1-3H3. The van der Waals surface area contributed by atoms with E-state index in [1.54, 1.807) is 0 Å². The lowest BCUT2D eigenvalue weighted by atomic mass is 9.77. The van der Waals surface area contributed by atoms with Crippen LogP contribution in [0.3, 0.4) is 0 Å². The summed E-state index contributed by atoms with van der Waals surface area (Å²) in [4.78, 5) is 11.5. The summed E-state index contributed by atoms with van der Waals surface area (Å²) < 4.78 is 5.36. The molecule has 0 aliphatic heterocycles. The molecule has 0 aromatic heterocycles. The number of rotatable bonds is 3. The number of hydrogen-bond acceptors (Lipinski definition) is 2. The fourth-order valence-corrected chi connectivity index (χ4v) is 3.02. The molecule has 17 heavy (non-hydrogen) atoms. The Bertz CT molecular complexity index is 328. The molecule has 0 heterocycles. The van der Waals surface area contributed by atoms with Crippen LogP contribution >= 0.6 is 43.5 Å². The molecular formula is C12H17Br2ClO2. The van der Waals surface area contributed by atoms with Gasteiger partial charge in [-0.2, -0.15) is 0 Å². The molecule has 2 nitrogen and oxygen atoms in total. The monoisotopic (exact) mass is 386 g/mol. The van der Waals surface area contributed by atoms with Crippen LogP contribution < -0.4 is 0 Å². The Morgan fingerprint density at radius 3 is 2.76 bits per heavy atom. The van der Waals surface area contributed by atoms with E-state index in [1.807, 2.05) is 0 Å². The number of allylic oxidation sites excluding steroid dienone is 1. The summed E-state index contributed by atoms with van der Waals surface area (Å²) in [5.74, 6) is 0.210. The minimum atomic E-state index is -0.255. The van der Waals surface area contributed by atoms with Crippen LogP contribution in [0.25, 0.3) is 0 Å². The smallest absolute Gasteiger partial charge is 0.303 e. The van der Waals surface area contributed by atoms with E-state index in [1.165, 1.54) is 6.92 Å². The topological polar surface area (TPSA) is 26.3 Å². The molecule has 1 rings (SSSR count). The van der Waals surface area contributed by atoms with Crippen molar-refractivity contribution in [3.8, 4) is 0 Å². The van der Waals surface area contributed by atoms with E-state index in [0.717, 1.165) is 12.0 Å². The highest BCUT2D eigenvalue weighted by molar-refractivity contribution is 9.09. The van der Waals surface area contributed by atoms with E-state index in [9.17, 15) is 4.79 Å². The Morgan fingerprint density at radius 2 is 2.29 bits per heavy atom. The average molecular weight is 389 g/mol. The van der Waals surface area contributed by atoms with Gasteiger partial charge in [0.05, 0.1) is 4.83 Å². The van der Waals surface area contributed by atoms with Crippen molar-refractivity contribution >= 4 is 49.4 Å². The minimum absolute atomic E-state index is 0.0318. The number of ether oxygens (including phenoxy) is 1. The molecule has 5 heteroatoms. The number of hydrogen-bond donors (Lipinski definition) is 0. The van der Waals surface area contributed by atoms with Crippen LogP contribution in [0.2, 0.25) is 0 Å². The van der Waals surface area contributed by atoms with Gasteiger partial charge >= 0.3 is 5.97 Å². The molecule has 0 aromatic carbocycles. The second kappa shape index (κ2) is 6.07. The van der Waals surface area contributed by atoms with E-state index < -0.39 is 0 Å². The van der Waals surface area contributed by atoms with Crippen molar-refractivity contribution in [2.24, 2.45) is 5.41 Å². The minimum Gasteiger partial charge on any atom is -0.458 e. The van der Waals surface area contributed by atoms with Gasteiger partial charge in [0.15, 0.2) is 0 Å². The van der Waals surface area contributed by atoms with Gasteiger partial charge in [-0.1, -0.05) is 51.8 Å². The molecule has 3 atom stereocenters. The Labute approximate surface area is 124 Å². The third-order valence-electron chi connectivity index (χ3n) is 2.94.